The van der Waals surface area contributed by atoms with Crippen LogP contribution in [0.1, 0.15) is 47.1 Å². The lowest BCUT2D eigenvalue weighted by Gasteiger charge is -2.18. The lowest BCUT2D eigenvalue weighted by molar-refractivity contribution is -0.137. The highest BCUT2D eigenvalue weighted by Gasteiger charge is 2.31. The van der Waals surface area contributed by atoms with Gasteiger partial charge in [-0.25, -0.2) is 0 Å². The monoisotopic (exact) mass is 450 g/mol. The highest BCUT2D eigenvalue weighted by Crippen LogP contribution is 2.36. The fourth-order valence-electron chi connectivity index (χ4n) is 4.19. The number of amides is 1. The number of benzene rings is 3. The van der Waals surface area contributed by atoms with Gasteiger partial charge in [-0.2, -0.15) is 13.2 Å². The van der Waals surface area contributed by atoms with E-state index in [1.807, 2.05) is 54.7 Å². The van der Waals surface area contributed by atoms with Crippen LogP contribution in [0.4, 0.5) is 13.2 Å². The van der Waals surface area contributed by atoms with Gasteiger partial charge in [-0.3, -0.25) is 4.79 Å². The molecule has 0 bridgehead atoms. The minimum absolute atomic E-state index is 0.126. The summed E-state index contributed by atoms with van der Waals surface area (Å²) in [7, 11) is 0. The highest BCUT2D eigenvalue weighted by molar-refractivity contribution is 5.88. The van der Waals surface area contributed by atoms with E-state index in [4.69, 9.17) is 0 Å². The molecule has 4 aromatic rings. The summed E-state index contributed by atoms with van der Waals surface area (Å²) in [5.41, 5.74) is 3.99. The third-order valence-electron chi connectivity index (χ3n) is 5.95. The molecule has 0 saturated carbocycles. The van der Waals surface area contributed by atoms with Crippen molar-refractivity contribution in [1.82, 2.24) is 10.3 Å². The van der Waals surface area contributed by atoms with Gasteiger partial charge < -0.3 is 10.3 Å². The number of aromatic nitrogens is 1. The number of H-pyrrole nitrogens is 1. The standard InChI is InChI=1S/C27H25F3N2O/c1-2-19-9-6-10-22-24(17-32-26(19)22)23(20-11-13-21(14-12-20)27(28,29)30)15-25(33)31-16-18-7-4-3-5-8-18/h3-14,17,23,32H,2,15-16H2,1H3,(H,31,33). The van der Waals surface area contributed by atoms with Crippen LogP contribution in [0.15, 0.2) is 79.0 Å². The number of para-hydroxylation sites is 1. The smallest absolute Gasteiger partial charge is 0.361 e. The van der Waals surface area contributed by atoms with E-state index in [-0.39, 0.29) is 18.2 Å². The Morgan fingerprint density at radius 3 is 2.36 bits per heavy atom. The Kier molecular flexibility index (Phi) is 6.54. The summed E-state index contributed by atoms with van der Waals surface area (Å²) in [4.78, 5) is 16.2. The van der Waals surface area contributed by atoms with Crippen molar-refractivity contribution in [1.29, 1.82) is 0 Å². The molecule has 3 nitrogen and oxygen atoms in total. The van der Waals surface area contributed by atoms with Gasteiger partial charge in [0.05, 0.1) is 5.56 Å². The molecular weight excluding hydrogens is 425 g/mol. The average molecular weight is 451 g/mol. The fraction of sp³-hybridized carbons (Fsp3) is 0.222. The highest BCUT2D eigenvalue weighted by atomic mass is 19.4. The van der Waals surface area contributed by atoms with Gasteiger partial charge in [0.1, 0.15) is 0 Å². The Hall–Kier alpha value is -3.54. The van der Waals surface area contributed by atoms with Gasteiger partial charge >= 0.3 is 6.18 Å². The minimum Gasteiger partial charge on any atom is -0.361 e. The molecule has 0 spiro atoms. The zero-order valence-corrected chi connectivity index (χ0v) is 18.2. The SMILES string of the molecule is CCc1cccc2c(C(CC(=O)NCc3ccccc3)c3ccc(C(F)(F)F)cc3)c[nH]c12. The van der Waals surface area contributed by atoms with Crippen LogP contribution in [-0.4, -0.2) is 10.9 Å². The lowest BCUT2D eigenvalue weighted by Crippen LogP contribution is -2.25. The number of carbonyl (C=O) groups excluding carboxylic acids is 1. The molecule has 3 aromatic carbocycles. The maximum Gasteiger partial charge on any atom is 0.416 e. The van der Waals surface area contributed by atoms with Crippen LogP contribution < -0.4 is 5.32 Å². The molecule has 0 aliphatic rings. The second-order valence-corrected chi connectivity index (χ2v) is 8.08. The van der Waals surface area contributed by atoms with E-state index in [0.29, 0.717) is 12.1 Å². The second kappa shape index (κ2) is 9.53. The van der Waals surface area contributed by atoms with Crippen molar-refractivity contribution in [2.75, 3.05) is 0 Å². The number of aryl methyl sites for hydroxylation is 1. The molecule has 1 amide bonds. The van der Waals surface area contributed by atoms with Crippen LogP contribution in [0.3, 0.4) is 0 Å². The number of hydrogen-bond acceptors (Lipinski definition) is 1. The van der Waals surface area contributed by atoms with Crippen molar-refractivity contribution in [3.05, 3.63) is 107 Å². The molecule has 1 atom stereocenters. The van der Waals surface area contributed by atoms with Gasteiger partial charge in [-0.05, 0) is 40.8 Å². The summed E-state index contributed by atoms with van der Waals surface area (Å²) in [6.07, 6.45) is -1.56. The van der Waals surface area contributed by atoms with E-state index >= 15 is 0 Å². The largest absolute Gasteiger partial charge is 0.416 e. The summed E-state index contributed by atoms with van der Waals surface area (Å²) in [5, 5.41) is 3.92. The first-order valence-corrected chi connectivity index (χ1v) is 10.9. The summed E-state index contributed by atoms with van der Waals surface area (Å²) >= 11 is 0. The summed E-state index contributed by atoms with van der Waals surface area (Å²) in [5.74, 6) is -0.548. The van der Waals surface area contributed by atoms with Crippen molar-refractivity contribution < 1.29 is 18.0 Å². The molecule has 170 valence electrons. The number of carbonyl (C=O) groups is 1. The number of nitrogens with one attached hydrogen (secondary N) is 2. The normalized spacial score (nSPS) is 12.6. The number of alkyl halides is 3. The number of hydrogen-bond donors (Lipinski definition) is 2. The molecule has 0 saturated heterocycles. The first kappa shape index (κ1) is 22.6. The molecule has 2 N–H and O–H groups in total. The van der Waals surface area contributed by atoms with Crippen LogP contribution in [0, 0.1) is 0 Å². The van der Waals surface area contributed by atoms with Gasteiger partial charge in [0.15, 0.2) is 0 Å². The van der Waals surface area contributed by atoms with Crippen molar-refractivity contribution in [2.45, 2.75) is 38.4 Å². The van der Waals surface area contributed by atoms with E-state index in [0.717, 1.165) is 46.1 Å². The Bertz CT molecular complexity index is 1230. The van der Waals surface area contributed by atoms with Crippen molar-refractivity contribution in [2.24, 2.45) is 0 Å². The van der Waals surface area contributed by atoms with Crippen LogP contribution >= 0.6 is 0 Å². The Labute approximate surface area is 190 Å². The van der Waals surface area contributed by atoms with Crippen LogP contribution in [0.2, 0.25) is 0 Å². The molecule has 1 aromatic heterocycles. The molecule has 6 heteroatoms. The molecule has 0 radical (unpaired) electrons. The summed E-state index contributed by atoms with van der Waals surface area (Å²) in [6, 6.07) is 20.7. The lowest BCUT2D eigenvalue weighted by atomic mass is 9.87. The van der Waals surface area contributed by atoms with E-state index in [9.17, 15) is 18.0 Å². The van der Waals surface area contributed by atoms with E-state index in [1.54, 1.807) is 0 Å². The Morgan fingerprint density at radius 2 is 1.70 bits per heavy atom. The molecule has 0 fully saturated rings. The van der Waals surface area contributed by atoms with E-state index < -0.39 is 11.7 Å². The average Bonchev–Trinajstić information content (AvgIpc) is 3.25. The van der Waals surface area contributed by atoms with E-state index in [2.05, 4.69) is 17.2 Å². The number of fused-ring (bicyclic) bond motifs is 1. The molecule has 0 aliphatic heterocycles. The van der Waals surface area contributed by atoms with Crippen LogP contribution in [-0.2, 0) is 23.9 Å². The molecule has 0 aliphatic carbocycles. The van der Waals surface area contributed by atoms with Gasteiger partial charge in [0.25, 0.3) is 0 Å². The molecule has 4 rings (SSSR count). The molecule has 1 heterocycles. The predicted molar refractivity (Wildman–Crippen MR) is 124 cm³/mol. The zero-order valence-electron chi connectivity index (χ0n) is 18.2. The quantitative estimate of drug-likeness (QED) is 0.328. The van der Waals surface area contributed by atoms with Gasteiger partial charge in [0, 0.05) is 36.0 Å². The predicted octanol–water partition coefficient (Wildman–Crippen LogP) is 6.59. The van der Waals surface area contributed by atoms with E-state index in [1.165, 1.54) is 12.1 Å². The minimum atomic E-state index is -4.40. The molecule has 1 unspecified atom stereocenters. The number of aromatic amines is 1. The maximum atomic E-state index is 13.1. The third kappa shape index (κ3) is 5.11. The topological polar surface area (TPSA) is 44.9 Å². The molecular formula is C27H25F3N2O. The van der Waals surface area contributed by atoms with Crippen LogP contribution in [0.25, 0.3) is 10.9 Å². The first-order chi connectivity index (χ1) is 15.9. The number of halogens is 3. The van der Waals surface area contributed by atoms with Gasteiger partial charge in [-0.15, -0.1) is 0 Å². The van der Waals surface area contributed by atoms with Crippen molar-refractivity contribution in [3.63, 3.8) is 0 Å². The van der Waals surface area contributed by atoms with Crippen molar-refractivity contribution in [3.8, 4) is 0 Å². The second-order valence-electron chi connectivity index (χ2n) is 8.08. The first-order valence-electron chi connectivity index (χ1n) is 10.9. The van der Waals surface area contributed by atoms with Gasteiger partial charge in [0.2, 0.25) is 5.91 Å². The number of rotatable bonds is 7. The third-order valence-corrected chi connectivity index (χ3v) is 5.95. The Morgan fingerprint density at radius 1 is 0.970 bits per heavy atom. The van der Waals surface area contributed by atoms with Crippen LogP contribution in [0.5, 0.6) is 0 Å². The summed E-state index contributed by atoms with van der Waals surface area (Å²) < 4.78 is 39.3. The van der Waals surface area contributed by atoms with Gasteiger partial charge in [-0.1, -0.05) is 67.6 Å². The zero-order chi connectivity index (χ0) is 23.4. The Balaban J connectivity index is 1.66. The summed E-state index contributed by atoms with van der Waals surface area (Å²) in [6.45, 7) is 2.47. The van der Waals surface area contributed by atoms with Crippen molar-refractivity contribution >= 4 is 16.8 Å². The fourth-order valence-corrected chi connectivity index (χ4v) is 4.19. The maximum absolute atomic E-state index is 13.1. The molecule has 33 heavy (non-hydrogen) atoms.